The van der Waals surface area contributed by atoms with Crippen molar-refractivity contribution in [2.45, 2.75) is 31.6 Å². The third-order valence-corrected chi connectivity index (χ3v) is 5.66. The summed E-state index contributed by atoms with van der Waals surface area (Å²) < 4.78 is 0. The third-order valence-electron chi connectivity index (χ3n) is 5.66. The Morgan fingerprint density at radius 1 is 1.15 bits per heavy atom. The zero-order valence-electron chi connectivity index (χ0n) is 15.4. The highest BCUT2D eigenvalue weighted by Crippen LogP contribution is 2.39. The summed E-state index contributed by atoms with van der Waals surface area (Å²) in [6.07, 6.45) is 2.84. The lowest BCUT2D eigenvalue weighted by molar-refractivity contribution is 0.0661. The number of anilines is 1. The van der Waals surface area contributed by atoms with E-state index in [1.165, 1.54) is 5.56 Å². The summed E-state index contributed by atoms with van der Waals surface area (Å²) in [4.78, 5) is 19.0. The van der Waals surface area contributed by atoms with Gasteiger partial charge in [-0.1, -0.05) is 42.5 Å². The molecule has 4 nitrogen and oxygen atoms in total. The zero-order chi connectivity index (χ0) is 18.6. The smallest absolute Gasteiger partial charge is 0.256 e. The molecule has 1 aliphatic heterocycles. The number of carbonyl (C=O) groups excluding carboxylic acids is 1. The van der Waals surface area contributed by atoms with E-state index in [0.717, 1.165) is 44.5 Å². The van der Waals surface area contributed by atoms with E-state index >= 15 is 0 Å². The number of amides is 1. The predicted octanol–water partition coefficient (Wildman–Crippen LogP) is 3.84. The van der Waals surface area contributed by atoms with Crippen molar-refractivity contribution in [2.24, 2.45) is 4.99 Å². The minimum Gasteiger partial charge on any atom is -0.398 e. The number of hydrogen-bond donors (Lipinski definition) is 1. The van der Waals surface area contributed by atoms with Crippen LogP contribution in [0.5, 0.6) is 0 Å². The topological polar surface area (TPSA) is 58.7 Å². The number of aryl methyl sites for hydroxylation is 1. The van der Waals surface area contributed by atoms with Crippen LogP contribution in [0, 0.1) is 6.92 Å². The predicted molar refractivity (Wildman–Crippen MR) is 108 cm³/mol. The van der Waals surface area contributed by atoms with Gasteiger partial charge in [-0.3, -0.25) is 4.79 Å². The summed E-state index contributed by atoms with van der Waals surface area (Å²) in [5, 5.41) is 0. The van der Waals surface area contributed by atoms with Gasteiger partial charge < -0.3 is 15.6 Å². The average molecular weight is 349 g/mol. The van der Waals surface area contributed by atoms with Gasteiger partial charge in [0.15, 0.2) is 0 Å². The minimum atomic E-state index is 0.0455. The zero-order valence-corrected chi connectivity index (χ0v) is 15.4. The largest absolute Gasteiger partial charge is 0.398 e. The summed E-state index contributed by atoms with van der Waals surface area (Å²) in [7, 11) is 0. The molecule has 1 saturated heterocycles. The molecule has 1 amide bonds. The van der Waals surface area contributed by atoms with Crippen molar-refractivity contribution in [2.75, 3.05) is 25.4 Å². The van der Waals surface area contributed by atoms with Crippen LogP contribution in [0.2, 0.25) is 0 Å². The van der Waals surface area contributed by atoms with Crippen LogP contribution in [0.3, 0.4) is 0 Å². The second-order valence-electron chi connectivity index (χ2n) is 7.17. The lowest BCUT2D eigenvalue weighted by Crippen LogP contribution is -2.45. The summed E-state index contributed by atoms with van der Waals surface area (Å²) in [6.45, 7) is 7.80. The van der Waals surface area contributed by atoms with Crippen LogP contribution in [0.4, 0.5) is 5.69 Å². The molecule has 3 rings (SSSR count). The van der Waals surface area contributed by atoms with Crippen molar-refractivity contribution in [3.63, 3.8) is 0 Å². The molecule has 26 heavy (non-hydrogen) atoms. The van der Waals surface area contributed by atoms with Gasteiger partial charge in [-0.05, 0) is 50.1 Å². The van der Waals surface area contributed by atoms with Gasteiger partial charge in [-0.25, -0.2) is 0 Å². The van der Waals surface area contributed by atoms with E-state index in [1.54, 1.807) is 6.07 Å². The number of rotatable bonds is 5. The molecular weight excluding hydrogens is 322 g/mol. The Kier molecular flexibility index (Phi) is 5.40. The number of hydrogen-bond acceptors (Lipinski definition) is 3. The van der Waals surface area contributed by atoms with Crippen molar-refractivity contribution in [3.05, 3.63) is 65.2 Å². The van der Waals surface area contributed by atoms with E-state index in [2.05, 4.69) is 36.0 Å². The normalized spacial score (nSPS) is 16.3. The van der Waals surface area contributed by atoms with Crippen molar-refractivity contribution in [1.82, 2.24) is 4.90 Å². The molecule has 0 saturated carbocycles. The van der Waals surface area contributed by atoms with Gasteiger partial charge in [0.25, 0.3) is 5.91 Å². The van der Waals surface area contributed by atoms with Gasteiger partial charge in [-0.2, -0.15) is 0 Å². The monoisotopic (exact) mass is 349 g/mol. The Bertz CT molecular complexity index is 757. The Morgan fingerprint density at radius 2 is 1.85 bits per heavy atom. The molecule has 1 aliphatic rings. The summed E-state index contributed by atoms with van der Waals surface area (Å²) in [6, 6.07) is 16.2. The Hall–Kier alpha value is -2.62. The quantitative estimate of drug-likeness (QED) is 0.658. The molecular formula is C22H27N3O. The molecule has 0 bridgehead atoms. The fourth-order valence-corrected chi connectivity index (χ4v) is 4.05. The first-order valence-electron chi connectivity index (χ1n) is 9.20. The number of benzene rings is 2. The van der Waals surface area contributed by atoms with Gasteiger partial charge in [0.2, 0.25) is 0 Å². The standard InChI is InChI=1S/C22H27N3O/c1-17-7-6-10-19(23)20(17)21(26)25-15-12-22(13-16-25,11-14-24-2)18-8-4-3-5-9-18/h3-10H,2,11-16,23H2,1H3. The van der Waals surface area contributed by atoms with E-state index in [9.17, 15) is 4.79 Å². The fourth-order valence-electron chi connectivity index (χ4n) is 4.05. The van der Waals surface area contributed by atoms with Crippen LogP contribution in [-0.2, 0) is 5.41 Å². The molecule has 0 unspecified atom stereocenters. The Morgan fingerprint density at radius 3 is 2.46 bits per heavy atom. The molecule has 0 atom stereocenters. The lowest BCUT2D eigenvalue weighted by Gasteiger charge is -2.42. The van der Waals surface area contributed by atoms with Gasteiger partial charge in [0, 0.05) is 30.7 Å². The number of aliphatic imine (C=N–C) groups is 1. The number of carbonyl (C=O) groups is 1. The minimum absolute atomic E-state index is 0.0455. The molecule has 0 aliphatic carbocycles. The molecule has 2 N–H and O–H groups in total. The van der Waals surface area contributed by atoms with Gasteiger partial charge in [0.1, 0.15) is 0 Å². The van der Waals surface area contributed by atoms with E-state index in [4.69, 9.17) is 5.73 Å². The number of nitrogen functional groups attached to an aromatic ring is 1. The Balaban J connectivity index is 1.80. The maximum Gasteiger partial charge on any atom is 0.256 e. The van der Waals surface area contributed by atoms with E-state index in [0.29, 0.717) is 11.3 Å². The van der Waals surface area contributed by atoms with E-state index in [1.807, 2.05) is 30.0 Å². The maximum absolute atomic E-state index is 13.0. The van der Waals surface area contributed by atoms with Crippen molar-refractivity contribution in [1.29, 1.82) is 0 Å². The van der Waals surface area contributed by atoms with E-state index in [-0.39, 0.29) is 11.3 Å². The van der Waals surface area contributed by atoms with E-state index < -0.39 is 0 Å². The van der Waals surface area contributed by atoms with Crippen LogP contribution in [0.1, 0.15) is 40.7 Å². The Labute approximate surface area is 155 Å². The van der Waals surface area contributed by atoms with Gasteiger partial charge >= 0.3 is 0 Å². The fraction of sp³-hybridized carbons (Fsp3) is 0.364. The first kappa shape index (κ1) is 18.2. The summed E-state index contributed by atoms with van der Waals surface area (Å²) >= 11 is 0. The number of likely N-dealkylation sites (tertiary alicyclic amines) is 1. The van der Waals surface area contributed by atoms with Gasteiger partial charge in [0.05, 0.1) is 5.56 Å². The average Bonchev–Trinajstić information content (AvgIpc) is 2.67. The molecule has 2 aromatic rings. The SMILES string of the molecule is C=NCCC1(c2ccccc2)CCN(C(=O)c2c(C)cccc2N)CC1. The molecule has 136 valence electrons. The highest BCUT2D eigenvalue weighted by atomic mass is 16.2. The van der Waals surface area contributed by atoms with Crippen LogP contribution < -0.4 is 5.73 Å². The molecule has 1 heterocycles. The van der Waals surface area contributed by atoms with Crippen molar-refractivity contribution in [3.8, 4) is 0 Å². The first-order chi connectivity index (χ1) is 12.6. The van der Waals surface area contributed by atoms with Crippen LogP contribution in [-0.4, -0.2) is 37.2 Å². The van der Waals surface area contributed by atoms with Crippen molar-refractivity contribution < 1.29 is 4.79 Å². The number of nitrogens with two attached hydrogens (primary N) is 1. The molecule has 0 radical (unpaired) electrons. The molecule has 2 aromatic carbocycles. The number of piperidine rings is 1. The van der Waals surface area contributed by atoms with Crippen LogP contribution >= 0.6 is 0 Å². The van der Waals surface area contributed by atoms with Crippen LogP contribution in [0.15, 0.2) is 53.5 Å². The maximum atomic E-state index is 13.0. The summed E-state index contributed by atoms with van der Waals surface area (Å²) in [5.41, 5.74) is 9.62. The second kappa shape index (κ2) is 7.73. The lowest BCUT2D eigenvalue weighted by atomic mass is 9.70. The summed E-state index contributed by atoms with van der Waals surface area (Å²) in [5.74, 6) is 0.0455. The van der Waals surface area contributed by atoms with Gasteiger partial charge in [-0.15, -0.1) is 0 Å². The number of nitrogens with zero attached hydrogens (tertiary/aromatic N) is 2. The molecule has 1 fully saturated rings. The van der Waals surface area contributed by atoms with Crippen LogP contribution in [0.25, 0.3) is 0 Å². The first-order valence-corrected chi connectivity index (χ1v) is 9.20. The highest BCUT2D eigenvalue weighted by molar-refractivity contribution is 6.00. The molecule has 4 heteroatoms. The highest BCUT2D eigenvalue weighted by Gasteiger charge is 2.37. The molecule has 0 spiro atoms. The third kappa shape index (κ3) is 3.50. The second-order valence-corrected chi connectivity index (χ2v) is 7.17. The molecule has 0 aromatic heterocycles. The van der Waals surface area contributed by atoms with Crippen molar-refractivity contribution >= 4 is 18.3 Å².